The van der Waals surface area contributed by atoms with Crippen molar-refractivity contribution in [2.24, 2.45) is 0 Å². The minimum atomic E-state index is -4.16. The molecule has 3 aromatic carbocycles. The van der Waals surface area contributed by atoms with Crippen molar-refractivity contribution in [3.8, 4) is 0 Å². The number of anilines is 1. The molecule has 0 unspecified atom stereocenters. The van der Waals surface area contributed by atoms with Gasteiger partial charge in [0.15, 0.2) is 0 Å². The average molecular weight is 464 g/mol. The molecule has 0 aliphatic heterocycles. The van der Waals surface area contributed by atoms with Crippen LogP contribution in [0.15, 0.2) is 90.0 Å². The first-order valence-electron chi connectivity index (χ1n) is 10.4. The molecular formula is C25H22FN3O3S. The molecule has 0 spiro atoms. The van der Waals surface area contributed by atoms with Crippen LogP contribution in [0.1, 0.15) is 35.3 Å². The van der Waals surface area contributed by atoms with Crippen LogP contribution in [-0.2, 0) is 10.0 Å². The minimum absolute atomic E-state index is 0.0163. The summed E-state index contributed by atoms with van der Waals surface area (Å²) >= 11 is 0. The third-order valence-corrected chi connectivity index (χ3v) is 6.67. The molecule has 0 saturated heterocycles. The predicted molar refractivity (Wildman–Crippen MR) is 126 cm³/mol. The number of sulfonamides is 1. The molecule has 1 atom stereocenters. The van der Waals surface area contributed by atoms with E-state index in [1.165, 1.54) is 18.3 Å². The van der Waals surface area contributed by atoms with Crippen LogP contribution in [-0.4, -0.2) is 19.3 Å². The monoisotopic (exact) mass is 463 g/mol. The molecule has 6 nitrogen and oxygen atoms in total. The largest absolute Gasteiger partial charge is 0.345 e. The van der Waals surface area contributed by atoms with Gasteiger partial charge in [0.05, 0.1) is 22.8 Å². The summed E-state index contributed by atoms with van der Waals surface area (Å²) in [4.78, 5) is 17.2. The molecule has 4 aromatic rings. The molecule has 4 rings (SSSR count). The number of para-hydroxylation sites is 1. The first-order chi connectivity index (χ1) is 15.9. The maximum atomic E-state index is 14.1. The third-order valence-electron chi connectivity index (χ3n) is 5.27. The molecule has 168 valence electrons. The molecule has 0 saturated carbocycles. The quantitative estimate of drug-likeness (QED) is 0.401. The summed E-state index contributed by atoms with van der Waals surface area (Å²) in [6.45, 7) is 1.93. The van der Waals surface area contributed by atoms with E-state index in [-0.39, 0.29) is 27.7 Å². The number of carbonyl (C=O) groups is 1. The van der Waals surface area contributed by atoms with Crippen LogP contribution >= 0.6 is 0 Å². The molecular weight excluding hydrogens is 441 g/mol. The van der Waals surface area contributed by atoms with Crippen molar-refractivity contribution in [2.75, 3.05) is 4.72 Å². The van der Waals surface area contributed by atoms with Crippen molar-refractivity contribution in [3.63, 3.8) is 0 Å². The lowest BCUT2D eigenvalue weighted by Gasteiger charge is -2.19. The van der Waals surface area contributed by atoms with Crippen LogP contribution in [0.4, 0.5) is 10.1 Å². The number of aromatic nitrogens is 1. The maximum absolute atomic E-state index is 14.1. The van der Waals surface area contributed by atoms with Gasteiger partial charge in [0.1, 0.15) is 10.7 Å². The summed E-state index contributed by atoms with van der Waals surface area (Å²) < 4.78 is 42.8. The summed E-state index contributed by atoms with van der Waals surface area (Å²) in [5.41, 5.74) is 1.07. The summed E-state index contributed by atoms with van der Waals surface area (Å²) in [6.07, 6.45) is 2.12. The van der Waals surface area contributed by atoms with Gasteiger partial charge in [-0.15, -0.1) is 0 Å². The number of carbonyl (C=O) groups excluding carboxylic acids is 1. The molecule has 1 amide bonds. The number of hydrogen-bond donors (Lipinski definition) is 2. The van der Waals surface area contributed by atoms with Crippen LogP contribution in [0.25, 0.3) is 10.9 Å². The topological polar surface area (TPSA) is 88.2 Å². The van der Waals surface area contributed by atoms with Crippen LogP contribution in [0.3, 0.4) is 0 Å². The van der Waals surface area contributed by atoms with E-state index >= 15 is 0 Å². The van der Waals surface area contributed by atoms with Gasteiger partial charge in [-0.1, -0.05) is 55.5 Å². The highest BCUT2D eigenvalue weighted by molar-refractivity contribution is 7.93. The van der Waals surface area contributed by atoms with E-state index in [0.29, 0.717) is 11.8 Å². The number of fused-ring (bicyclic) bond motifs is 1. The SMILES string of the molecule is CC[C@H](NC(=O)c1ccc(F)cc1NS(=O)(=O)c1cccc2cccnc12)c1ccccc1. The zero-order valence-corrected chi connectivity index (χ0v) is 18.6. The van der Waals surface area contributed by atoms with E-state index in [2.05, 4.69) is 15.0 Å². The fraction of sp³-hybridized carbons (Fsp3) is 0.120. The van der Waals surface area contributed by atoms with Crippen molar-refractivity contribution >= 4 is 32.5 Å². The van der Waals surface area contributed by atoms with Gasteiger partial charge < -0.3 is 5.32 Å². The maximum Gasteiger partial charge on any atom is 0.264 e. The summed E-state index contributed by atoms with van der Waals surface area (Å²) in [5.74, 6) is -1.19. The lowest BCUT2D eigenvalue weighted by atomic mass is 10.0. The number of amides is 1. The molecule has 2 N–H and O–H groups in total. The van der Waals surface area contributed by atoms with E-state index in [0.717, 1.165) is 17.7 Å². The molecule has 33 heavy (non-hydrogen) atoms. The minimum Gasteiger partial charge on any atom is -0.345 e. The summed E-state index contributed by atoms with van der Waals surface area (Å²) in [6, 6.07) is 20.7. The number of rotatable bonds is 7. The Bertz CT molecular complexity index is 1400. The number of benzene rings is 3. The van der Waals surface area contributed by atoms with Gasteiger partial charge in [-0.05, 0) is 42.3 Å². The number of hydrogen-bond acceptors (Lipinski definition) is 4. The van der Waals surface area contributed by atoms with Crippen LogP contribution in [0, 0.1) is 5.82 Å². The Kier molecular flexibility index (Phi) is 6.37. The van der Waals surface area contributed by atoms with Crippen molar-refractivity contribution in [1.82, 2.24) is 10.3 Å². The van der Waals surface area contributed by atoms with Crippen molar-refractivity contribution < 1.29 is 17.6 Å². The fourth-order valence-corrected chi connectivity index (χ4v) is 4.89. The second kappa shape index (κ2) is 9.38. The smallest absolute Gasteiger partial charge is 0.264 e. The first kappa shape index (κ1) is 22.4. The lowest BCUT2D eigenvalue weighted by Crippen LogP contribution is -2.29. The second-order valence-corrected chi connectivity index (χ2v) is 9.12. The van der Waals surface area contributed by atoms with Gasteiger partial charge in [-0.25, -0.2) is 12.8 Å². The molecule has 1 heterocycles. The highest BCUT2D eigenvalue weighted by atomic mass is 32.2. The molecule has 0 aliphatic carbocycles. The van der Waals surface area contributed by atoms with E-state index in [1.807, 2.05) is 37.3 Å². The standard InChI is InChI=1S/C25H22FN3O3S/c1-2-21(17-8-4-3-5-9-17)28-25(30)20-14-13-19(26)16-22(20)29-33(31,32)23-12-6-10-18-11-7-15-27-24(18)23/h3-16,21,29H,2H2,1H3,(H,28,30)/t21-/m0/s1. The molecule has 0 aliphatic rings. The van der Waals surface area contributed by atoms with Crippen LogP contribution in [0.2, 0.25) is 0 Å². The molecule has 0 fully saturated rings. The van der Waals surface area contributed by atoms with Crippen molar-refractivity contribution in [1.29, 1.82) is 0 Å². The van der Waals surface area contributed by atoms with Gasteiger partial charge in [-0.3, -0.25) is 14.5 Å². The fourth-order valence-electron chi connectivity index (χ4n) is 3.63. The molecule has 1 aromatic heterocycles. The van der Waals surface area contributed by atoms with Crippen LogP contribution in [0.5, 0.6) is 0 Å². The van der Waals surface area contributed by atoms with Gasteiger partial charge in [0, 0.05) is 11.6 Å². The summed E-state index contributed by atoms with van der Waals surface area (Å²) in [7, 11) is -4.16. The lowest BCUT2D eigenvalue weighted by molar-refractivity contribution is 0.0936. The van der Waals surface area contributed by atoms with Gasteiger partial charge in [-0.2, -0.15) is 0 Å². The Morgan fingerprint density at radius 3 is 2.52 bits per heavy atom. The van der Waals surface area contributed by atoms with Crippen molar-refractivity contribution in [3.05, 3.63) is 102 Å². The third kappa shape index (κ3) is 4.85. The predicted octanol–water partition coefficient (Wildman–Crippen LogP) is 5.06. The van der Waals surface area contributed by atoms with Crippen LogP contribution < -0.4 is 10.0 Å². The van der Waals surface area contributed by atoms with Gasteiger partial charge >= 0.3 is 0 Å². The van der Waals surface area contributed by atoms with E-state index in [9.17, 15) is 17.6 Å². The zero-order chi connectivity index (χ0) is 23.4. The highest BCUT2D eigenvalue weighted by Gasteiger charge is 2.23. The molecule has 0 bridgehead atoms. The molecule has 0 radical (unpaired) electrons. The number of nitrogens with zero attached hydrogens (tertiary/aromatic N) is 1. The first-order valence-corrected chi connectivity index (χ1v) is 11.9. The Morgan fingerprint density at radius 2 is 1.76 bits per heavy atom. The van der Waals surface area contributed by atoms with Crippen molar-refractivity contribution in [2.45, 2.75) is 24.3 Å². The summed E-state index contributed by atoms with van der Waals surface area (Å²) in [5, 5.41) is 3.55. The Hall–Kier alpha value is -3.78. The average Bonchev–Trinajstić information content (AvgIpc) is 2.82. The number of nitrogens with one attached hydrogen (secondary N) is 2. The second-order valence-electron chi connectivity index (χ2n) is 7.47. The van der Waals surface area contributed by atoms with E-state index in [1.54, 1.807) is 24.3 Å². The zero-order valence-electron chi connectivity index (χ0n) is 17.8. The Labute approximate surface area is 191 Å². The molecule has 8 heteroatoms. The Morgan fingerprint density at radius 1 is 1.00 bits per heavy atom. The van der Waals surface area contributed by atoms with E-state index < -0.39 is 21.7 Å². The normalized spacial score (nSPS) is 12.3. The van der Waals surface area contributed by atoms with Gasteiger partial charge in [0.25, 0.3) is 15.9 Å². The van der Waals surface area contributed by atoms with E-state index in [4.69, 9.17) is 0 Å². The Balaban J connectivity index is 1.68. The highest BCUT2D eigenvalue weighted by Crippen LogP contribution is 2.26. The number of halogens is 1. The number of pyridine rings is 1. The van der Waals surface area contributed by atoms with Gasteiger partial charge in [0.2, 0.25) is 0 Å².